The lowest BCUT2D eigenvalue weighted by Gasteiger charge is -2.23. The molecule has 0 saturated heterocycles. The van der Waals surface area contributed by atoms with Crippen LogP contribution >= 0.6 is 0 Å². The summed E-state index contributed by atoms with van der Waals surface area (Å²) in [5.41, 5.74) is 1.72. The summed E-state index contributed by atoms with van der Waals surface area (Å²) < 4.78 is 35.7. The first-order valence-electron chi connectivity index (χ1n) is 7.73. The van der Waals surface area contributed by atoms with Crippen LogP contribution in [0, 0.1) is 0 Å². The molecule has 0 fully saturated rings. The molecule has 0 spiro atoms. The Bertz CT molecular complexity index is 814. The molecule has 7 heteroatoms. The first kappa shape index (κ1) is 18.8. The zero-order valence-electron chi connectivity index (χ0n) is 14.4. The molecule has 0 amide bonds. The van der Waals surface area contributed by atoms with Crippen molar-refractivity contribution in [3.63, 3.8) is 0 Å². The molecule has 0 unspecified atom stereocenters. The molecule has 25 heavy (non-hydrogen) atoms. The predicted octanol–water partition coefficient (Wildman–Crippen LogP) is 2.84. The summed E-state index contributed by atoms with van der Waals surface area (Å²) in [6, 6.07) is 13.5. The predicted molar refractivity (Wildman–Crippen MR) is 96.4 cm³/mol. The molecule has 0 bridgehead atoms. The fourth-order valence-electron chi connectivity index (χ4n) is 2.31. The van der Waals surface area contributed by atoms with E-state index in [1.807, 2.05) is 6.92 Å². The van der Waals surface area contributed by atoms with Crippen LogP contribution in [0.15, 0.2) is 48.5 Å². The van der Waals surface area contributed by atoms with Crippen molar-refractivity contribution >= 4 is 21.7 Å². The van der Waals surface area contributed by atoms with E-state index in [0.717, 1.165) is 11.8 Å². The molecular weight excluding hydrogens is 342 g/mol. The van der Waals surface area contributed by atoms with E-state index in [2.05, 4.69) is 4.74 Å². The number of carbonyl (C=O) groups is 1. The van der Waals surface area contributed by atoms with Crippen LogP contribution in [0.4, 0.5) is 5.69 Å². The van der Waals surface area contributed by atoms with Crippen molar-refractivity contribution in [1.29, 1.82) is 0 Å². The van der Waals surface area contributed by atoms with Gasteiger partial charge in [-0.15, -0.1) is 0 Å². The monoisotopic (exact) mass is 363 g/mol. The van der Waals surface area contributed by atoms with Crippen molar-refractivity contribution in [2.45, 2.75) is 13.5 Å². The van der Waals surface area contributed by atoms with Gasteiger partial charge < -0.3 is 9.47 Å². The van der Waals surface area contributed by atoms with Gasteiger partial charge in [-0.1, -0.05) is 12.1 Å². The number of rotatable bonds is 7. The molecule has 0 aromatic heterocycles. The molecule has 0 N–H and O–H groups in total. The van der Waals surface area contributed by atoms with Gasteiger partial charge in [0.1, 0.15) is 5.75 Å². The molecule has 6 nitrogen and oxygen atoms in total. The third-order valence-corrected chi connectivity index (χ3v) is 4.68. The maximum Gasteiger partial charge on any atom is 0.337 e. The van der Waals surface area contributed by atoms with Crippen LogP contribution in [0.5, 0.6) is 5.75 Å². The van der Waals surface area contributed by atoms with Gasteiger partial charge in [0.25, 0.3) is 0 Å². The highest BCUT2D eigenvalue weighted by Crippen LogP contribution is 2.24. The average Bonchev–Trinajstić information content (AvgIpc) is 2.60. The van der Waals surface area contributed by atoms with Crippen molar-refractivity contribution in [2.24, 2.45) is 0 Å². The van der Waals surface area contributed by atoms with Gasteiger partial charge in [-0.05, 0) is 48.9 Å². The largest absolute Gasteiger partial charge is 0.494 e. The first-order chi connectivity index (χ1) is 11.8. The normalized spacial score (nSPS) is 11.0. The van der Waals surface area contributed by atoms with Gasteiger partial charge in [-0.3, -0.25) is 4.31 Å². The van der Waals surface area contributed by atoms with E-state index in [-0.39, 0.29) is 6.54 Å². The number of anilines is 1. The Hall–Kier alpha value is -2.54. The number of hydrogen-bond acceptors (Lipinski definition) is 5. The number of hydrogen-bond donors (Lipinski definition) is 0. The Kier molecular flexibility index (Phi) is 6.03. The number of methoxy groups -OCH3 is 1. The quantitative estimate of drug-likeness (QED) is 0.707. The van der Waals surface area contributed by atoms with Crippen molar-refractivity contribution in [3.05, 3.63) is 59.7 Å². The van der Waals surface area contributed by atoms with Crippen molar-refractivity contribution < 1.29 is 22.7 Å². The highest BCUT2D eigenvalue weighted by Gasteiger charge is 2.18. The van der Waals surface area contributed by atoms with Crippen LogP contribution in [0.3, 0.4) is 0 Å². The van der Waals surface area contributed by atoms with E-state index < -0.39 is 16.0 Å². The minimum atomic E-state index is -3.47. The van der Waals surface area contributed by atoms with E-state index in [0.29, 0.717) is 23.6 Å². The smallest absolute Gasteiger partial charge is 0.337 e. The third kappa shape index (κ3) is 4.96. The summed E-state index contributed by atoms with van der Waals surface area (Å²) in [4.78, 5) is 11.5. The van der Waals surface area contributed by atoms with Gasteiger partial charge in [0.2, 0.25) is 10.0 Å². The lowest BCUT2D eigenvalue weighted by atomic mass is 10.1. The number of carbonyl (C=O) groups excluding carboxylic acids is 1. The van der Waals surface area contributed by atoms with Gasteiger partial charge in [0, 0.05) is 0 Å². The minimum absolute atomic E-state index is 0.161. The Labute approximate surface area is 148 Å². The SMILES string of the molecule is CCOc1ccc(N(Cc2ccc(C(=O)OC)cc2)S(C)(=O)=O)cc1. The van der Waals surface area contributed by atoms with E-state index in [1.165, 1.54) is 11.4 Å². The topological polar surface area (TPSA) is 72.9 Å². The lowest BCUT2D eigenvalue weighted by Crippen LogP contribution is -2.29. The molecule has 0 heterocycles. The second kappa shape index (κ2) is 8.02. The van der Waals surface area contributed by atoms with Crippen LogP contribution in [0.1, 0.15) is 22.8 Å². The van der Waals surface area contributed by atoms with Crippen LogP contribution < -0.4 is 9.04 Å². The molecular formula is C18H21NO5S. The van der Waals surface area contributed by atoms with Gasteiger partial charge in [0.15, 0.2) is 0 Å². The van der Waals surface area contributed by atoms with Crippen molar-refractivity contribution in [2.75, 3.05) is 24.3 Å². The van der Waals surface area contributed by atoms with Gasteiger partial charge in [-0.2, -0.15) is 0 Å². The third-order valence-electron chi connectivity index (χ3n) is 3.54. The maximum atomic E-state index is 12.2. The van der Waals surface area contributed by atoms with E-state index in [1.54, 1.807) is 48.5 Å². The Morgan fingerprint density at radius 3 is 2.12 bits per heavy atom. The maximum absolute atomic E-state index is 12.2. The van der Waals surface area contributed by atoms with Crippen LogP contribution in [-0.4, -0.2) is 34.4 Å². The highest BCUT2D eigenvalue weighted by atomic mass is 32.2. The molecule has 0 atom stereocenters. The fourth-order valence-corrected chi connectivity index (χ4v) is 3.19. The van der Waals surface area contributed by atoms with E-state index in [9.17, 15) is 13.2 Å². The van der Waals surface area contributed by atoms with E-state index in [4.69, 9.17) is 4.74 Å². The van der Waals surface area contributed by atoms with Crippen LogP contribution in [0.25, 0.3) is 0 Å². The Morgan fingerprint density at radius 1 is 1.04 bits per heavy atom. The van der Waals surface area contributed by atoms with Crippen LogP contribution in [-0.2, 0) is 21.3 Å². The zero-order valence-corrected chi connectivity index (χ0v) is 15.2. The average molecular weight is 363 g/mol. The van der Waals surface area contributed by atoms with Crippen LogP contribution in [0.2, 0.25) is 0 Å². The van der Waals surface area contributed by atoms with Gasteiger partial charge >= 0.3 is 5.97 Å². The Balaban J connectivity index is 2.25. The summed E-state index contributed by atoms with van der Waals surface area (Å²) in [6.07, 6.45) is 1.16. The van der Waals surface area contributed by atoms with E-state index >= 15 is 0 Å². The number of benzene rings is 2. The summed E-state index contributed by atoms with van der Waals surface area (Å²) in [5.74, 6) is 0.250. The molecule has 2 aromatic carbocycles. The molecule has 0 aliphatic heterocycles. The summed E-state index contributed by atoms with van der Waals surface area (Å²) >= 11 is 0. The zero-order chi connectivity index (χ0) is 18.4. The molecule has 0 radical (unpaired) electrons. The Morgan fingerprint density at radius 2 is 1.64 bits per heavy atom. The standard InChI is InChI=1S/C18H21NO5S/c1-4-24-17-11-9-16(10-12-17)19(25(3,21)22)13-14-5-7-15(8-6-14)18(20)23-2/h5-12H,4,13H2,1-3H3. The molecule has 2 rings (SSSR count). The lowest BCUT2D eigenvalue weighted by molar-refractivity contribution is 0.0600. The fraction of sp³-hybridized carbons (Fsp3) is 0.278. The first-order valence-corrected chi connectivity index (χ1v) is 9.57. The van der Waals surface area contributed by atoms with Gasteiger partial charge in [0.05, 0.1) is 37.8 Å². The highest BCUT2D eigenvalue weighted by molar-refractivity contribution is 7.92. The number of nitrogens with zero attached hydrogens (tertiary/aromatic N) is 1. The minimum Gasteiger partial charge on any atom is -0.494 e. The summed E-state index contributed by atoms with van der Waals surface area (Å²) in [5, 5.41) is 0. The van der Waals surface area contributed by atoms with Crippen molar-refractivity contribution in [1.82, 2.24) is 0 Å². The second-order valence-corrected chi connectivity index (χ2v) is 7.29. The molecule has 2 aromatic rings. The van der Waals surface area contributed by atoms with Gasteiger partial charge in [-0.25, -0.2) is 13.2 Å². The molecule has 0 aliphatic rings. The summed E-state index contributed by atoms with van der Waals surface area (Å²) in [6.45, 7) is 2.59. The number of sulfonamides is 1. The molecule has 134 valence electrons. The number of ether oxygens (including phenoxy) is 2. The number of esters is 1. The molecule has 0 aliphatic carbocycles. The second-order valence-electron chi connectivity index (χ2n) is 5.39. The summed E-state index contributed by atoms with van der Waals surface area (Å²) in [7, 11) is -2.16. The van der Waals surface area contributed by atoms with Crippen molar-refractivity contribution in [3.8, 4) is 5.75 Å². The molecule has 0 saturated carbocycles.